The SMILES string of the molecule is CCNc1nccc(N2CCN(c3cccc(F)c3C#N)CC2)n1. The van der Waals surface area contributed by atoms with E-state index in [1.54, 1.807) is 18.3 Å². The van der Waals surface area contributed by atoms with Gasteiger partial charge in [-0.05, 0) is 25.1 Å². The summed E-state index contributed by atoms with van der Waals surface area (Å²) < 4.78 is 13.8. The standard InChI is InChI=1S/C17H19FN6/c1-2-20-17-21-7-6-16(22-17)24-10-8-23(9-11-24)15-5-3-4-14(18)13(15)12-19/h3-7H,2,8-11H2,1H3,(H,20,21,22). The van der Waals surface area contributed by atoms with Gasteiger partial charge in [0.05, 0.1) is 5.69 Å². The van der Waals surface area contributed by atoms with Gasteiger partial charge in [-0.15, -0.1) is 0 Å². The Labute approximate surface area is 140 Å². The van der Waals surface area contributed by atoms with Crippen molar-refractivity contribution in [2.75, 3.05) is 47.8 Å². The molecule has 2 heterocycles. The maximum atomic E-state index is 13.8. The first-order chi connectivity index (χ1) is 11.7. The molecular weight excluding hydrogens is 307 g/mol. The first-order valence-corrected chi connectivity index (χ1v) is 7.98. The quantitative estimate of drug-likeness (QED) is 0.929. The lowest BCUT2D eigenvalue weighted by Gasteiger charge is -2.37. The van der Waals surface area contributed by atoms with Gasteiger partial charge >= 0.3 is 0 Å². The van der Waals surface area contributed by atoms with Gasteiger partial charge in [0.25, 0.3) is 0 Å². The minimum Gasteiger partial charge on any atom is -0.367 e. The third-order valence-electron chi connectivity index (χ3n) is 4.02. The number of hydrogen-bond acceptors (Lipinski definition) is 6. The van der Waals surface area contributed by atoms with Gasteiger partial charge in [0, 0.05) is 38.9 Å². The molecule has 2 aromatic rings. The van der Waals surface area contributed by atoms with Crippen LogP contribution in [0.2, 0.25) is 0 Å². The highest BCUT2D eigenvalue weighted by molar-refractivity contribution is 5.61. The zero-order valence-corrected chi connectivity index (χ0v) is 13.5. The lowest BCUT2D eigenvalue weighted by molar-refractivity contribution is 0.615. The molecule has 3 rings (SSSR count). The molecule has 1 aromatic carbocycles. The van der Waals surface area contributed by atoms with E-state index in [0.717, 1.165) is 25.5 Å². The van der Waals surface area contributed by atoms with Crippen LogP contribution in [0.3, 0.4) is 0 Å². The molecule has 0 radical (unpaired) electrons. The topological polar surface area (TPSA) is 68.1 Å². The Morgan fingerprint density at radius 3 is 2.67 bits per heavy atom. The Morgan fingerprint density at radius 1 is 1.21 bits per heavy atom. The molecular formula is C17H19FN6. The largest absolute Gasteiger partial charge is 0.367 e. The predicted octanol–water partition coefficient (Wildman–Crippen LogP) is 2.25. The molecule has 0 unspecified atom stereocenters. The number of anilines is 3. The van der Waals surface area contributed by atoms with E-state index >= 15 is 0 Å². The van der Waals surface area contributed by atoms with Crippen molar-refractivity contribution in [3.05, 3.63) is 41.8 Å². The Bertz CT molecular complexity index is 749. The van der Waals surface area contributed by atoms with Crippen LogP contribution < -0.4 is 15.1 Å². The van der Waals surface area contributed by atoms with E-state index in [1.807, 2.05) is 24.0 Å². The Kier molecular flexibility index (Phi) is 4.75. The highest BCUT2D eigenvalue weighted by Gasteiger charge is 2.21. The Morgan fingerprint density at radius 2 is 1.96 bits per heavy atom. The number of nitrogens with zero attached hydrogens (tertiary/aromatic N) is 5. The second-order valence-electron chi connectivity index (χ2n) is 5.49. The fourth-order valence-corrected chi connectivity index (χ4v) is 2.83. The highest BCUT2D eigenvalue weighted by atomic mass is 19.1. The molecule has 0 atom stereocenters. The van der Waals surface area contributed by atoms with Crippen molar-refractivity contribution >= 4 is 17.5 Å². The molecule has 7 heteroatoms. The first kappa shape index (κ1) is 16.0. The summed E-state index contributed by atoms with van der Waals surface area (Å²) in [5.74, 6) is 1.03. The van der Waals surface area contributed by atoms with Crippen molar-refractivity contribution in [2.45, 2.75) is 6.92 Å². The minimum absolute atomic E-state index is 0.113. The van der Waals surface area contributed by atoms with E-state index in [9.17, 15) is 9.65 Å². The van der Waals surface area contributed by atoms with Crippen LogP contribution in [-0.4, -0.2) is 42.7 Å². The Balaban J connectivity index is 1.72. The number of hydrogen-bond donors (Lipinski definition) is 1. The molecule has 1 aliphatic heterocycles. The monoisotopic (exact) mass is 326 g/mol. The van der Waals surface area contributed by atoms with Crippen LogP contribution >= 0.6 is 0 Å². The van der Waals surface area contributed by atoms with Crippen molar-refractivity contribution in [2.24, 2.45) is 0 Å². The maximum absolute atomic E-state index is 13.8. The smallest absolute Gasteiger partial charge is 0.224 e. The summed E-state index contributed by atoms with van der Waals surface area (Å²) in [5.41, 5.74) is 0.774. The molecule has 0 bridgehead atoms. The van der Waals surface area contributed by atoms with Crippen LogP contribution in [0.1, 0.15) is 12.5 Å². The summed E-state index contributed by atoms with van der Waals surface area (Å²) in [6.07, 6.45) is 1.74. The van der Waals surface area contributed by atoms with Crippen molar-refractivity contribution in [3.8, 4) is 6.07 Å². The summed E-state index contributed by atoms with van der Waals surface area (Å²) in [5, 5.41) is 12.3. The molecule has 0 amide bonds. The van der Waals surface area contributed by atoms with Crippen molar-refractivity contribution in [3.63, 3.8) is 0 Å². The first-order valence-electron chi connectivity index (χ1n) is 7.98. The van der Waals surface area contributed by atoms with E-state index in [4.69, 9.17) is 0 Å². The van der Waals surface area contributed by atoms with E-state index in [0.29, 0.717) is 24.7 Å². The van der Waals surface area contributed by atoms with Gasteiger partial charge in [-0.2, -0.15) is 10.2 Å². The van der Waals surface area contributed by atoms with Crippen LogP contribution in [-0.2, 0) is 0 Å². The van der Waals surface area contributed by atoms with E-state index in [-0.39, 0.29) is 5.56 Å². The summed E-state index contributed by atoms with van der Waals surface area (Å²) in [6.45, 7) is 5.69. The molecule has 1 saturated heterocycles. The lowest BCUT2D eigenvalue weighted by Crippen LogP contribution is -2.47. The number of aromatic nitrogens is 2. The molecule has 1 aromatic heterocycles. The van der Waals surface area contributed by atoms with Crippen LogP contribution in [0.15, 0.2) is 30.5 Å². The lowest BCUT2D eigenvalue weighted by atomic mass is 10.1. The van der Waals surface area contributed by atoms with Crippen LogP contribution in [0.4, 0.5) is 21.8 Å². The van der Waals surface area contributed by atoms with Gasteiger partial charge in [0.15, 0.2) is 0 Å². The van der Waals surface area contributed by atoms with Crippen LogP contribution in [0.25, 0.3) is 0 Å². The molecule has 24 heavy (non-hydrogen) atoms. The number of piperazine rings is 1. The van der Waals surface area contributed by atoms with Gasteiger partial charge in [-0.1, -0.05) is 6.07 Å². The second kappa shape index (κ2) is 7.13. The number of nitriles is 1. The third-order valence-corrected chi connectivity index (χ3v) is 4.02. The second-order valence-corrected chi connectivity index (χ2v) is 5.49. The van der Waals surface area contributed by atoms with Crippen molar-refractivity contribution < 1.29 is 4.39 Å². The molecule has 1 N–H and O–H groups in total. The predicted molar refractivity (Wildman–Crippen MR) is 91.7 cm³/mol. The highest BCUT2D eigenvalue weighted by Crippen LogP contribution is 2.24. The van der Waals surface area contributed by atoms with E-state index in [2.05, 4.69) is 20.2 Å². The van der Waals surface area contributed by atoms with Crippen molar-refractivity contribution in [1.29, 1.82) is 5.26 Å². The van der Waals surface area contributed by atoms with Gasteiger partial charge < -0.3 is 15.1 Å². The average Bonchev–Trinajstić information content (AvgIpc) is 2.62. The third kappa shape index (κ3) is 3.23. The molecule has 1 fully saturated rings. The fourth-order valence-electron chi connectivity index (χ4n) is 2.83. The van der Waals surface area contributed by atoms with Gasteiger partial charge in [0.1, 0.15) is 23.3 Å². The number of nitrogens with one attached hydrogen (secondary N) is 1. The van der Waals surface area contributed by atoms with Crippen LogP contribution in [0, 0.1) is 17.1 Å². The number of halogens is 1. The molecule has 0 spiro atoms. The summed E-state index contributed by atoms with van der Waals surface area (Å²) in [6, 6.07) is 8.62. The maximum Gasteiger partial charge on any atom is 0.224 e. The Hall–Kier alpha value is -2.88. The summed E-state index contributed by atoms with van der Waals surface area (Å²) in [4.78, 5) is 12.9. The molecule has 124 valence electrons. The van der Waals surface area contributed by atoms with Gasteiger partial charge in [-0.3, -0.25) is 0 Å². The normalized spacial score (nSPS) is 14.4. The molecule has 6 nitrogen and oxygen atoms in total. The number of benzene rings is 1. The average molecular weight is 326 g/mol. The van der Waals surface area contributed by atoms with E-state index in [1.165, 1.54) is 6.07 Å². The fraction of sp³-hybridized carbons (Fsp3) is 0.353. The van der Waals surface area contributed by atoms with E-state index < -0.39 is 5.82 Å². The van der Waals surface area contributed by atoms with Crippen molar-refractivity contribution in [1.82, 2.24) is 9.97 Å². The minimum atomic E-state index is -0.469. The molecule has 1 aliphatic rings. The zero-order valence-electron chi connectivity index (χ0n) is 13.5. The molecule has 0 saturated carbocycles. The summed E-state index contributed by atoms with van der Waals surface area (Å²) >= 11 is 0. The van der Waals surface area contributed by atoms with Crippen LogP contribution in [0.5, 0.6) is 0 Å². The van der Waals surface area contributed by atoms with Gasteiger partial charge in [-0.25, -0.2) is 9.37 Å². The zero-order chi connectivity index (χ0) is 16.9. The summed E-state index contributed by atoms with van der Waals surface area (Å²) in [7, 11) is 0. The molecule has 0 aliphatic carbocycles. The van der Waals surface area contributed by atoms with Gasteiger partial charge in [0.2, 0.25) is 5.95 Å². The number of rotatable bonds is 4.